The number of amides is 2. The van der Waals surface area contributed by atoms with Gasteiger partial charge in [0.25, 0.3) is 0 Å². The molecule has 0 saturated heterocycles. The molecule has 0 radical (unpaired) electrons. The Balaban J connectivity index is 1.55. The molecule has 37 heavy (non-hydrogen) atoms. The van der Waals surface area contributed by atoms with Crippen molar-refractivity contribution in [2.75, 3.05) is 6.54 Å². The molecule has 5 nitrogen and oxygen atoms in total. The number of hydrogen-bond donors (Lipinski definition) is 1. The summed E-state index contributed by atoms with van der Waals surface area (Å²) in [6.45, 7) is 0.702. The third-order valence-corrected chi connectivity index (χ3v) is 7.50. The van der Waals surface area contributed by atoms with Crippen LogP contribution in [0.3, 0.4) is 0 Å². The number of aryl methyl sites for hydroxylation is 1. The van der Waals surface area contributed by atoms with Crippen molar-refractivity contribution in [3.8, 4) is 0 Å². The summed E-state index contributed by atoms with van der Waals surface area (Å²) < 4.78 is 41.1. The highest BCUT2D eigenvalue weighted by molar-refractivity contribution is 5.88. The van der Waals surface area contributed by atoms with E-state index in [9.17, 15) is 22.8 Å². The lowest BCUT2D eigenvalue weighted by molar-refractivity contribution is -0.187. The summed E-state index contributed by atoms with van der Waals surface area (Å²) in [4.78, 5) is 28.1. The molecule has 2 amide bonds. The van der Waals surface area contributed by atoms with Crippen LogP contribution in [-0.2, 0) is 29.1 Å². The number of nitrogens with two attached hydrogens (primary N) is 1. The SMILES string of the molecule is N[C@H](CN(C(=O)C(F)(F)F)[C@H](/C=C/C(=O)N1Cc2ccccc2C1)CCc1ccccc1)C1CCCC1. The van der Waals surface area contributed by atoms with Crippen LogP contribution in [0, 0.1) is 5.92 Å². The van der Waals surface area contributed by atoms with Gasteiger partial charge >= 0.3 is 12.1 Å². The van der Waals surface area contributed by atoms with Crippen LogP contribution in [0.15, 0.2) is 66.7 Å². The van der Waals surface area contributed by atoms with E-state index in [2.05, 4.69) is 0 Å². The zero-order chi connectivity index (χ0) is 26.4. The van der Waals surface area contributed by atoms with Crippen LogP contribution >= 0.6 is 0 Å². The molecule has 1 saturated carbocycles. The zero-order valence-electron chi connectivity index (χ0n) is 20.9. The Kier molecular flexibility index (Phi) is 8.69. The van der Waals surface area contributed by atoms with E-state index in [0.717, 1.165) is 47.3 Å². The van der Waals surface area contributed by atoms with E-state index >= 15 is 0 Å². The molecule has 2 aromatic rings. The molecule has 0 aromatic heterocycles. The van der Waals surface area contributed by atoms with Crippen molar-refractivity contribution in [3.05, 3.63) is 83.4 Å². The van der Waals surface area contributed by atoms with Gasteiger partial charge in [0.2, 0.25) is 5.91 Å². The summed E-state index contributed by atoms with van der Waals surface area (Å²) in [5, 5.41) is 0. The number of alkyl halides is 3. The quantitative estimate of drug-likeness (QED) is 0.480. The van der Waals surface area contributed by atoms with Gasteiger partial charge < -0.3 is 15.5 Å². The van der Waals surface area contributed by atoms with E-state index in [4.69, 9.17) is 5.73 Å². The highest BCUT2D eigenvalue weighted by Gasteiger charge is 2.45. The lowest BCUT2D eigenvalue weighted by Crippen LogP contribution is -2.52. The minimum Gasteiger partial charge on any atom is -0.330 e. The highest BCUT2D eigenvalue weighted by Crippen LogP contribution is 2.29. The maximum Gasteiger partial charge on any atom is 0.471 e. The fourth-order valence-corrected chi connectivity index (χ4v) is 5.40. The Labute approximate surface area is 216 Å². The molecule has 0 spiro atoms. The number of rotatable bonds is 9. The standard InChI is InChI=1S/C29H34F3N3O2/c30-29(31,32)28(37)35(20-26(33)22-10-4-5-11-22)25(15-14-21-8-2-1-3-9-21)16-17-27(36)34-18-23-12-6-7-13-24(23)19-34/h1-3,6-9,12-13,16-17,22,25-26H,4-5,10-11,14-15,18-20,33H2/b17-16+/t25-,26+/m0/s1. The van der Waals surface area contributed by atoms with Gasteiger partial charge in [0.1, 0.15) is 0 Å². The summed E-state index contributed by atoms with van der Waals surface area (Å²) in [6, 6.07) is 15.7. The number of hydrogen-bond acceptors (Lipinski definition) is 3. The molecule has 4 rings (SSSR count). The molecular formula is C29H34F3N3O2. The van der Waals surface area contributed by atoms with Gasteiger partial charge in [-0.05, 0) is 48.3 Å². The summed E-state index contributed by atoms with van der Waals surface area (Å²) >= 11 is 0. The van der Waals surface area contributed by atoms with Crippen molar-refractivity contribution in [2.24, 2.45) is 11.7 Å². The molecule has 0 unspecified atom stereocenters. The molecule has 198 valence electrons. The van der Waals surface area contributed by atoms with Crippen LogP contribution in [0.25, 0.3) is 0 Å². The Morgan fingerprint density at radius 3 is 2.19 bits per heavy atom. The first-order valence-electron chi connectivity index (χ1n) is 12.9. The second kappa shape index (κ2) is 11.9. The number of carbonyl (C=O) groups excluding carboxylic acids is 2. The highest BCUT2D eigenvalue weighted by atomic mass is 19.4. The van der Waals surface area contributed by atoms with Gasteiger partial charge in [0.05, 0.1) is 6.04 Å². The number of benzene rings is 2. The summed E-state index contributed by atoms with van der Waals surface area (Å²) in [5.74, 6) is -2.11. The van der Waals surface area contributed by atoms with Crippen LogP contribution in [0.4, 0.5) is 13.2 Å². The van der Waals surface area contributed by atoms with E-state index in [1.54, 1.807) is 4.90 Å². The molecule has 2 aromatic carbocycles. The van der Waals surface area contributed by atoms with Crippen LogP contribution < -0.4 is 5.73 Å². The average Bonchev–Trinajstić information content (AvgIpc) is 3.57. The molecule has 1 fully saturated rings. The summed E-state index contributed by atoms with van der Waals surface area (Å²) in [5.41, 5.74) is 9.41. The maximum atomic E-state index is 13.7. The van der Waals surface area contributed by atoms with E-state index in [-0.39, 0.29) is 24.8 Å². The molecule has 1 aliphatic heterocycles. The van der Waals surface area contributed by atoms with Crippen molar-refractivity contribution in [3.63, 3.8) is 0 Å². The van der Waals surface area contributed by atoms with Crippen molar-refractivity contribution in [1.29, 1.82) is 0 Å². The second-order valence-corrected chi connectivity index (χ2v) is 10.1. The van der Waals surface area contributed by atoms with E-state index in [0.29, 0.717) is 19.5 Å². The van der Waals surface area contributed by atoms with Crippen molar-refractivity contribution >= 4 is 11.8 Å². The zero-order valence-corrected chi connectivity index (χ0v) is 20.9. The first-order valence-corrected chi connectivity index (χ1v) is 12.9. The van der Waals surface area contributed by atoms with Crippen molar-refractivity contribution in [2.45, 2.75) is 69.9 Å². The number of halogens is 3. The molecule has 8 heteroatoms. The van der Waals surface area contributed by atoms with Crippen molar-refractivity contribution < 1.29 is 22.8 Å². The largest absolute Gasteiger partial charge is 0.471 e. The number of fused-ring (bicyclic) bond motifs is 1. The molecule has 1 heterocycles. The van der Waals surface area contributed by atoms with E-state index in [1.807, 2.05) is 54.6 Å². The summed E-state index contributed by atoms with van der Waals surface area (Å²) in [6.07, 6.45) is 2.15. The first kappa shape index (κ1) is 26.9. The van der Waals surface area contributed by atoms with Gasteiger partial charge in [-0.3, -0.25) is 9.59 Å². The minimum atomic E-state index is -5.03. The smallest absolute Gasteiger partial charge is 0.330 e. The van der Waals surface area contributed by atoms with Crippen LogP contribution in [-0.4, -0.2) is 46.4 Å². The third-order valence-electron chi connectivity index (χ3n) is 7.50. The fraction of sp³-hybridized carbons (Fsp3) is 0.448. The van der Waals surface area contributed by atoms with Crippen LogP contribution in [0.2, 0.25) is 0 Å². The second-order valence-electron chi connectivity index (χ2n) is 10.1. The fourth-order valence-electron chi connectivity index (χ4n) is 5.40. The van der Waals surface area contributed by atoms with Crippen LogP contribution in [0.5, 0.6) is 0 Å². The predicted octanol–water partition coefficient (Wildman–Crippen LogP) is 4.99. The Morgan fingerprint density at radius 1 is 1.00 bits per heavy atom. The average molecular weight is 514 g/mol. The normalized spacial score (nSPS) is 17.7. The molecule has 2 N–H and O–H groups in total. The Morgan fingerprint density at radius 2 is 1.59 bits per heavy atom. The molecule has 0 bridgehead atoms. The molecule has 1 aliphatic carbocycles. The minimum absolute atomic E-state index is 0.0898. The van der Waals surface area contributed by atoms with Gasteiger partial charge in [-0.25, -0.2) is 0 Å². The van der Waals surface area contributed by atoms with E-state index in [1.165, 1.54) is 12.2 Å². The molecule has 2 aliphatic rings. The first-order chi connectivity index (χ1) is 17.7. The summed E-state index contributed by atoms with van der Waals surface area (Å²) in [7, 11) is 0. The number of nitrogens with zero attached hydrogens (tertiary/aromatic N) is 2. The number of carbonyl (C=O) groups is 2. The monoisotopic (exact) mass is 513 g/mol. The van der Waals surface area contributed by atoms with Crippen LogP contribution in [0.1, 0.15) is 48.8 Å². The Bertz CT molecular complexity index is 1070. The van der Waals surface area contributed by atoms with Gasteiger partial charge in [-0.2, -0.15) is 13.2 Å². The van der Waals surface area contributed by atoms with Gasteiger partial charge in [-0.15, -0.1) is 0 Å². The molecule has 2 atom stereocenters. The topological polar surface area (TPSA) is 66.6 Å². The Hall–Kier alpha value is -3.13. The maximum absolute atomic E-state index is 13.7. The third kappa shape index (κ3) is 7.01. The van der Waals surface area contributed by atoms with Gasteiger partial charge in [0.15, 0.2) is 0 Å². The van der Waals surface area contributed by atoms with Gasteiger partial charge in [0, 0.05) is 31.8 Å². The van der Waals surface area contributed by atoms with E-state index < -0.39 is 24.2 Å². The lowest BCUT2D eigenvalue weighted by atomic mass is 9.96. The predicted molar refractivity (Wildman–Crippen MR) is 136 cm³/mol. The molecular weight excluding hydrogens is 479 g/mol. The van der Waals surface area contributed by atoms with Crippen molar-refractivity contribution in [1.82, 2.24) is 9.80 Å². The lowest BCUT2D eigenvalue weighted by Gasteiger charge is -2.34. The van der Waals surface area contributed by atoms with Gasteiger partial charge in [-0.1, -0.05) is 73.5 Å².